The Kier molecular flexibility index (Phi) is 4.89. The summed E-state index contributed by atoms with van der Waals surface area (Å²) in [5.74, 6) is -2.59. The van der Waals surface area contributed by atoms with Gasteiger partial charge < -0.3 is 9.90 Å². The molecule has 0 spiro atoms. The number of carboxylic acid groups (broad SMARTS) is 1. The molecule has 0 atom stereocenters. The molecule has 1 N–H and O–H groups in total. The first kappa shape index (κ1) is 16.1. The molecule has 0 radical (unpaired) electrons. The monoisotopic (exact) mass is 322 g/mol. The first-order chi connectivity index (χ1) is 10.4. The van der Waals surface area contributed by atoms with E-state index < -0.39 is 32.3 Å². The summed E-state index contributed by atoms with van der Waals surface area (Å²) in [6, 6.07) is 11.7. The van der Waals surface area contributed by atoms with Crippen LogP contribution in [0.15, 0.2) is 53.4 Å². The zero-order valence-corrected chi connectivity index (χ0v) is 12.3. The molecular weight excluding hydrogens is 309 g/mol. The van der Waals surface area contributed by atoms with Gasteiger partial charge >= 0.3 is 0 Å². The van der Waals surface area contributed by atoms with E-state index in [9.17, 15) is 22.7 Å². The van der Waals surface area contributed by atoms with Crippen LogP contribution in [0, 0.1) is 5.82 Å². The summed E-state index contributed by atoms with van der Waals surface area (Å²) >= 11 is 0. The second kappa shape index (κ2) is 6.67. The van der Waals surface area contributed by atoms with Crippen molar-refractivity contribution >= 4 is 16.0 Å². The number of carboxylic acids is 1. The minimum absolute atomic E-state index is 0.0708. The van der Waals surface area contributed by atoms with E-state index in [0.29, 0.717) is 6.42 Å². The number of rotatable bonds is 6. The molecule has 2 rings (SSSR count). The van der Waals surface area contributed by atoms with Crippen LogP contribution in [0.5, 0.6) is 0 Å². The number of halogens is 1. The van der Waals surface area contributed by atoms with Gasteiger partial charge in [-0.3, -0.25) is 0 Å². The number of carbonyl (C=O) groups is 1. The molecule has 0 aromatic heterocycles. The Bertz CT molecular complexity index is 775. The summed E-state index contributed by atoms with van der Waals surface area (Å²) in [6.45, 7) is 0.0708. The third-order valence-electron chi connectivity index (χ3n) is 3.01. The number of hydrogen-bond acceptors (Lipinski definition) is 4. The van der Waals surface area contributed by atoms with Crippen LogP contribution in [-0.2, 0) is 16.4 Å². The van der Waals surface area contributed by atoms with Gasteiger partial charge in [0, 0.05) is 6.54 Å². The number of hydrogen-bond donors (Lipinski definition) is 1. The maximum atomic E-state index is 13.6. The van der Waals surface area contributed by atoms with Gasteiger partial charge in [0.25, 0.3) is 0 Å². The van der Waals surface area contributed by atoms with Crippen molar-refractivity contribution in [2.24, 2.45) is 0 Å². The molecule has 0 aliphatic rings. The largest absolute Gasteiger partial charge is 0.545 e. The van der Waals surface area contributed by atoms with Crippen LogP contribution in [0.2, 0.25) is 0 Å². The molecule has 7 heteroatoms. The van der Waals surface area contributed by atoms with Gasteiger partial charge in [0.05, 0.1) is 5.97 Å². The summed E-state index contributed by atoms with van der Waals surface area (Å²) in [5.41, 5.74) is 0.527. The predicted molar refractivity (Wildman–Crippen MR) is 76.1 cm³/mol. The van der Waals surface area contributed by atoms with E-state index in [-0.39, 0.29) is 6.54 Å². The van der Waals surface area contributed by atoms with Crippen molar-refractivity contribution < 1.29 is 22.7 Å². The molecule has 0 amide bonds. The van der Waals surface area contributed by atoms with Crippen molar-refractivity contribution in [3.8, 4) is 0 Å². The van der Waals surface area contributed by atoms with E-state index in [1.54, 1.807) is 0 Å². The molecule has 0 heterocycles. The molecule has 0 unspecified atom stereocenters. The Balaban J connectivity index is 2.13. The quantitative estimate of drug-likeness (QED) is 0.848. The van der Waals surface area contributed by atoms with Crippen molar-refractivity contribution in [1.82, 2.24) is 4.72 Å². The van der Waals surface area contributed by atoms with Gasteiger partial charge in [-0.1, -0.05) is 36.4 Å². The number of carbonyl (C=O) groups excluding carboxylic acids is 1. The lowest BCUT2D eigenvalue weighted by molar-refractivity contribution is -0.255. The minimum Gasteiger partial charge on any atom is -0.545 e. The van der Waals surface area contributed by atoms with Crippen LogP contribution >= 0.6 is 0 Å². The Hall–Kier alpha value is -2.25. The van der Waals surface area contributed by atoms with Crippen molar-refractivity contribution in [2.75, 3.05) is 6.54 Å². The number of benzene rings is 2. The molecule has 0 saturated heterocycles. The second-order valence-corrected chi connectivity index (χ2v) is 6.30. The fraction of sp³-hybridized carbons (Fsp3) is 0.133. The van der Waals surface area contributed by atoms with Crippen LogP contribution in [0.25, 0.3) is 0 Å². The van der Waals surface area contributed by atoms with Crippen LogP contribution in [0.3, 0.4) is 0 Å². The molecule has 0 bridgehead atoms. The first-order valence-electron chi connectivity index (χ1n) is 6.44. The standard InChI is InChI=1S/C15H14FNO4S/c16-13-7-6-12(15(18)19)10-14(13)22(20,21)17-9-8-11-4-2-1-3-5-11/h1-7,10,17H,8-9H2,(H,18,19)/p-1. The van der Waals surface area contributed by atoms with E-state index in [2.05, 4.69) is 4.72 Å². The summed E-state index contributed by atoms with van der Waals surface area (Å²) in [4.78, 5) is 10.0. The lowest BCUT2D eigenvalue weighted by Gasteiger charge is -2.10. The average molecular weight is 322 g/mol. The molecule has 116 valence electrons. The summed E-state index contributed by atoms with van der Waals surface area (Å²) < 4.78 is 40.0. The number of aromatic carboxylic acids is 1. The van der Waals surface area contributed by atoms with Gasteiger partial charge in [-0.25, -0.2) is 17.5 Å². The van der Waals surface area contributed by atoms with Crippen molar-refractivity contribution in [2.45, 2.75) is 11.3 Å². The lowest BCUT2D eigenvalue weighted by Crippen LogP contribution is -2.28. The zero-order valence-electron chi connectivity index (χ0n) is 11.5. The summed E-state index contributed by atoms with van der Waals surface area (Å²) in [5, 5.41) is 10.7. The van der Waals surface area contributed by atoms with E-state index in [0.717, 1.165) is 23.8 Å². The number of sulfonamides is 1. The van der Waals surface area contributed by atoms with E-state index >= 15 is 0 Å². The SMILES string of the molecule is O=C([O-])c1ccc(F)c(S(=O)(=O)NCCc2ccccc2)c1. The van der Waals surface area contributed by atoms with Crippen LogP contribution in [0.4, 0.5) is 4.39 Å². The molecule has 0 fully saturated rings. The molecule has 0 aliphatic heterocycles. The highest BCUT2D eigenvalue weighted by molar-refractivity contribution is 7.89. The molecule has 0 aliphatic carbocycles. The van der Waals surface area contributed by atoms with E-state index in [4.69, 9.17) is 0 Å². The topological polar surface area (TPSA) is 86.3 Å². The third kappa shape index (κ3) is 3.90. The summed E-state index contributed by atoms with van der Waals surface area (Å²) in [6.07, 6.45) is 0.432. The lowest BCUT2D eigenvalue weighted by atomic mass is 10.2. The Labute approximate surface area is 127 Å². The van der Waals surface area contributed by atoms with Crippen LogP contribution < -0.4 is 9.83 Å². The molecule has 5 nitrogen and oxygen atoms in total. The minimum atomic E-state index is -4.13. The number of nitrogens with one attached hydrogen (secondary N) is 1. The molecule has 0 saturated carbocycles. The normalized spacial score (nSPS) is 11.3. The Morgan fingerprint density at radius 1 is 1.14 bits per heavy atom. The summed E-state index contributed by atoms with van der Waals surface area (Å²) in [7, 11) is -4.13. The molecule has 2 aromatic carbocycles. The molecule has 22 heavy (non-hydrogen) atoms. The van der Waals surface area contributed by atoms with Gasteiger partial charge in [-0.2, -0.15) is 0 Å². The molecular formula is C15H13FNO4S-. The predicted octanol–water partition coefficient (Wildman–Crippen LogP) is 0.710. The van der Waals surface area contributed by atoms with Crippen LogP contribution in [0.1, 0.15) is 15.9 Å². The van der Waals surface area contributed by atoms with Gasteiger partial charge in [0.1, 0.15) is 10.7 Å². The maximum absolute atomic E-state index is 13.6. The maximum Gasteiger partial charge on any atom is 0.243 e. The average Bonchev–Trinajstić information content (AvgIpc) is 2.48. The Morgan fingerprint density at radius 3 is 2.45 bits per heavy atom. The van der Waals surface area contributed by atoms with Gasteiger partial charge in [0.15, 0.2) is 0 Å². The van der Waals surface area contributed by atoms with Crippen molar-refractivity contribution in [3.63, 3.8) is 0 Å². The molecule has 2 aromatic rings. The van der Waals surface area contributed by atoms with Crippen molar-refractivity contribution in [1.29, 1.82) is 0 Å². The fourth-order valence-electron chi connectivity index (χ4n) is 1.89. The van der Waals surface area contributed by atoms with Crippen molar-refractivity contribution in [3.05, 3.63) is 65.5 Å². The zero-order chi connectivity index (χ0) is 16.2. The van der Waals surface area contributed by atoms with E-state index in [1.807, 2.05) is 30.3 Å². The smallest absolute Gasteiger partial charge is 0.243 e. The third-order valence-corrected chi connectivity index (χ3v) is 4.48. The van der Waals surface area contributed by atoms with Gasteiger partial charge in [-0.15, -0.1) is 0 Å². The Morgan fingerprint density at radius 2 is 1.82 bits per heavy atom. The highest BCUT2D eigenvalue weighted by Crippen LogP contribution is 2.16. The van der Waals surface area contributed by atoms with E-state index in [1.165, 1.54) is 0 Å². The van der Waals surface area contributed by atoms with Gasteiger partial charge in [-0.05, 0) is 29.7 Å². The fourth-order valence-corrected chi connectivity index (χ4v) is 3.02. The van der Waals surface area contributed by atoms with Gasteiger partial charge in [0.2, 0.25) is 10.0 Å². The van der Waals surface area contributed by atoms with Crippen LogP contribution in [-0.4, -0.2) is 20.9 Å². The highest BCUT2D eigenvalue weighted by Gasteiger charge is 2.19. The first-order valence-corrected chi connectivity index (χ1v) is 7.93. The second-order valence-electron chi connectivity index (χ2n) is 4.57. The highest BCUT2D eigenvalue weighted by atomic mass is 32.2.